The van der Waals surface area contributed by atoms with Gasteiger partial charge in [-0.2, -0.15) is 0 Å². The van der Waals surface area contributed by atoms with Gasteiger partial charge in [0.15, 0.2) is 14.9 Å². The molecule has 0 radical (unpaired) electrons. The lowest BCUT2D eigenvalue weighted by atomic mass is 9.85. The first-order chi connectivity index (χ1) is 16.6. The molecule has 4 aromatic rings. The quantitative estimate of drug-likeness (QED) is 0.377. The Morgan fingerprint density at radius 1 is 1.11 bits per heavy atom. The van der Waals surface area contributed by atoms with E-state index >= 15 is 0 Å². The second-order valence-electron chi connectivity index (χ2n) is 9.55. The molecule has 1 aliphatic rings. The Morgan fingerprint density at radius 3 is 2.49 bits per heavy atom. The highest BCUT2D eigenvalue weighted by atomic mass is 32.2. The van der Waals surface area contributed by atoms with Gasteiger partial charge >= 0.3 is 0 Å². The molecule has 3 heterocycles. The number of rotatable bonds is 6. The highest BCUT2D eigenvalue weighted by Gasteiger charge is 2.33. The largest absolute Gasteiger partial charge is 0.384 e. The number of halogens is 1. The SMILES string of the molecule is COCC(C)(C)c1c(-c2ccc(S(C)(=O)=O)nc2)c2cc3c(cc2n1-c1ccc(F)cc1)C=NC3. The average molecular weight is 492 g/mol. The van der Waals surface area contributed by atoms with E-state index in [-0.39, 0.29) is 10.8 Å². The van der Waals surface area contributed by atoms with Gasteiger partial charge in [0.25, 0.3) is 0 Å². The maximum atomic E-state index is 13.9. The lowest BCUT2D eigenvalue weighted by Crippen LogP contribution is -2.27. The molecule has 0 fully saturated rings. The second kappa shape index (κ2) is 8.39. The molecule has 0 saturated carbocycles. The Morgan fingerprint density at radius 2 is 1.86 bits per heavy atom. The molecule has 0 spiro atoms. The summed E-state index contributed by atoms with van der Waals surface area (Å²) in [7, 11) is -1.76. The summed E-state index contributed by atoms with van der Waals surface area (Å²) in [5, 5.41) is 1.02. The number of aromatic nitrogens is 2. The minimum absolute atomic E-state index is 0.0236. The first-order valence-corrected chi connectivity index (χ1v) is 13.1. The van der Waals surface area contributed by atoms with Crippen LogP contribution in [0.15, 0.2) is 64.7 Å². The number of hydrogen-bond acceptors (Lipinski definition) is 5. The third-order valence-electron chi connectivity index (χ3n) is 6.36. The van der Waals surface area contributed by atoms with Crippen LogP contribution in [-0.4, -0.2) is 44.2 Å². The number of ether oxygens (including phenoxy) is 1. The van der Waals surface area contributed by atoms with Crippen molar-refractivity contribution in [3.8, 4) is 16.8 Å². The monoisotopic (exact) mass is 491 g/mol. The number of sulfone groups is 1. The molecule has 0 N–H and O–H groups in total. The van der Waals surface area contributed by atoms with Gasteiger partial charge in [-0.25, -0.2) is 17.8 Å². The average Bonchev–Trinajstić information content (AvgIpc) is 3.40. The minimum Gasteiger partial charge on any atom is -0.384 e. The van der Waals surface area contributed by atoms with Crippen LogP contribution in [0.25, 0.3) is 27.7 Å². The minimum atomic E-state index is -3.43. The first-order valence-electron chi connectivity index (χ1n) is 11.2. The van der Waals surface area contributed by atoms with Gasteiger partial charge in [-0.15, -0.1) is 0 Å². The molecule has 0 aliphatic carbocycles. The second-order valence-corrected chi connectivity index (χ2v) is 11.5. The molecule has 0 bridgehead atoms. The van der Waals surface area contributed by atoms with Gasteiger partial charge in [-0.05, 0) is 59.7 Å². The van der Waals surface area contributed by atoms with Crippen molar-refractivity contribution < 1.29 is 17.5 Å². The van der Waals surface area contributed by atoms with Crippen molar-refractivity contribution in [3.05, 3.63) is 77.4 Å². The molecule has 180 valence electrons. The van der Waals surface area contributed by atoms with E-state index in [9.17, 15) is 12.8 Å². The zero-order valence-corrected chi connectivity index (χ0v) is 20.9. The maximum absolute atomic E-state index is 13.9. The predicted octanol–water partition coefficient (Wildman–Crippen LogP) is 5.09. The molecule has 2 aromatic carbocycles. The van der Waals surface area contributed by atoms with Crippen molar-refractivity contribution in [1.29, 1.82) is 0 Å². The Labute approximate surface area is 204 Å². The molecule has 0 amide bonds. The molecule has 0 saturated heterocycles. The molecule has 2 aromatic heterocycles. The van der Waals surface area contributed by atoms with Crippen LogP contribution >= 0.6 is 0 Å². The lowest BCUT2D eigenvalue weighted by molar-refractivity contribution is 0.144. The Kier molecular flexibility index (Phi) is 5.61. The summed E-state index contributed by atoms with van der Waals surface area (Å²) in [6.45, 7) is 5.24. The fraction of sp³-hybridized carbons (Fsp3) is 0.259. The Balaban J connectivity index is 1.91. The van der Waals surface area contributed by atoms with Crippen molar-refractivity contribution in [2.75, 3.05) is 20.0 Å². The van der Waals surface area contributed by atoms with E-state index in [0.717, 1.165) is 50.8 Å². The van der Waals surface area contributed by atoms with Crippen LogP contribution in [-0.2, 0) is 26.5 Å². The topological polar surface area (TPSA) is 73.6 Å². The standard InChI is InChI=1S/C27H26FN3O3S/c1-27(2,16-34-3)26-25(17-5-10-24(30-15-17)35(4,32)33)22-11-18-13-29-14-19(18)12-23(22)31(26)21-8-6-20(28)7-9-21/h5-12,14-15H,13,16H2,1-4H3. The summed E-state index contributed by atoms with van der Waals surface area (Å²) in [5.74, 6) is -0.309. The third-order valence-corrected chi connectivity index (χ3v) is 7.36. The molecular formula is C27H26FN3O3S. The summed E-state index contributed by atoms with van der Waals surface area (Å²) in [5.41, 5.74) is 6.18. The van der Waals surface area contributed by atoms with Gasteiger partial charge in [0.05, 0.1) is 18.7 Å². The van der Waals surface area contributed by atoms with Gasteiger partial charge in [0, 0.05) is 59.1 Å². The zero-order chi connectivity index (χ0) is 25.0. The number of aliphatic imine (C=N–C) groups is 1. The highest BCUT2D eigenvalue weighted by molar-refractivity contribution is 7.90. The van der Waals surface area contributed by atoms with Crippen LogP contribution in [0.2, 0.25) is 0 Å². The molecule has 6 nitrogen and oxygen atoms in total. The summed E-state index contributed by atoms with van der Waals surface area (Å²) in [6.07, 6.45) is 4.63. The van der Waals surface area contributed by atoms with E-state index in [2.05, 4.69) is 40.5 Å². The Bertz CT molecular complexity index is 1570. The van der Waals surface area contributed by atoms with E-state index in [0.29, 0.717) is 13.2 Å². The van der Waals surface area contributed by atoms with E-state index in [1.54, 1.807) is 31.5 Å². The van der Waals surface area contributed by atoms with Gasteiger partial charge in [-0.3, -0.25) is 4.99 Å². The lowest BCUT2D eigenvalue weighted by Gasteiger charge is -2.28. The molecule has 35 heavy (non-hydrogen) atoms. The molecule has 5 rings (SSSR count). The fourth-order valence-electron chi connectivity index (χ4n) is 4.86. The highest BCUT2D eigenvalue weighted by Crippen LogP contribution is 2.44. The van der Waals surface area contributed by atoms with E-state index < -0.39 is 15.3 Å². The molecule has 0 unspecified atom stereocenters. The summed E-state index contributed by atoms with van der Waals surface area (Å²) >= 11 is 0. The van der Waals surface area contributed by atoms with Crippen LogP contribution in [0.5, 0.6) is 0 Å². The van der Waals surface area contributed by atoms with Crippen molar-refractivity contribution in [2.45, 2.75) is 30.8 Å². The van der Waals surface area contributed by atoms with E-state index in [1.165, 1.54) is 18.2 Å². The number of nitrogens with zero attached hydrogens (tertiary/aromatic N) is 3. The van der Waals surface area contributed by atoms with E-state index in [1.807, 2.05) is 6.21 Å². The van der Waals surface area contributed by atoms with Crippen LogP contribution < -0.4 is 0 Å². The Hall–Kier alpha value is -3.36. The summed E-state index contributed by atoms with van der Waals surface area (Å²) in [4.78, 5) is 8.69. The normalized spacial score (nSPS) is 13.5. The smallest absolute Gasteiger partial charge is 0.192 e. The van der Waals surface area contributed by atoms with Crippen LogP contribution in [0.4, 0.5) is 4.39 Å². The third kappa shape index (κ3) is 4.06. The van der Waals surface area contributed by atoms with Crippen LogP contribution in [0.1, 0.15) is 30.7 Å². The van der Waals surface area contributed by atoms with Crippen molar-refractivity contribution in [2.24, 2.45) is 4.99 Å². The maximum Gasteiger partial charge on any atom is 0.192 e. The van der Waals surface area contributed by atoms with Crippen molar-refractivity contribution >= 4 is 27.0 Å². The molecule has 1 aliphatic heterocycles. The molecular weight excluding hydrogens is 465 g/mol. The van der Waals surface area contributed by atoms with Crippen LogP contribution in [0.3, 0.4) is 0 Å². The number of pyridine rings is 1. The van der Waals surface area contributed by atoms with Crippen molar-refractivity contribution in [3.63, 3.8) is 0 Å². The van der Waals surface area contributed by atoms with E-state index in [4.69, 9.17) is 4.74 Å². The van der Waals surface area contributed by atoms with Gasteiger partial charge in [0.2, 0.25) is 0 Å². The van der Waals surface area contributed by atoms with Crippen molar-refractivity contribution in [1.82, 2.24) is 9.55 Å². The fourth-order valence-corrected chi connectivity index (χ4v) is 5.42. The summed E-state index contributed by atoms with van der Waals surface area (Å²) < 4.78 is 45.6. The van der Waals surface area contributed by atoms with Gasteiger partial charge in [0.1, 0.15) is 5.82 Å². The number of hydrogen-bond donors (Lipinski definition) is 0. The summed E-state index contributed by atoms with van der Waals surface area (Å²) in [6, 6.07) is 14.0. The zero-order valence-electron chi connectivity index (χ0n) is 20.0. The van der Waals surface area contributed by atoms with Gasteiger partial charge < -0.3 is 9.30 Å². The number of methoxy groups -OCH3 is 1. The van der Waals surface area contributed by atoms with Crippen LogP contribution in [0, 0.1) is 5.82 Å². The molecule has 8 heteroatoms. The number of fused-ring (bicyclic) bond motifs is 2. The first kappa shape index (κ1) is 23.4. The van der Waals surface area contributed by atoms with Gasteiger partial charge in [-0.1, -0.05) is 13.8 Å². The molecule has 0 atom stereocenters. The predicted molar refractivity (Wildman–Crippen MR) is 136 cm³/mol. The number of benzene rings is 2.